The molecule has 0 aliphatic carbocycles. The molecule has 0 bridgehead atoms. The average Bonchev–Trinajstić information content (AvgIpc) is 3.01. The van der Waals surface area contributed by atoms with Gasteiger partial charge < -0.3 is 35.2 Å². The molecule has 5 rings (SSSR count). The molecule has 2 aromatic carbocycles. The highest BCUT2D eigenvalue weighted by molar-refractivity contribution is 6.04. The minimum Gasteiger partial charge on any atom is -0.495 e. The molecule has 0 atom stereocenters. The Balaban J connectivity index is 1.31. The van der Waals surface area contributed by atoms with E-state index in [0.717, 1.165) is 31.7 Å². The standard InChI is InChI=1S/C33H39FN8O3/c1-6-32(43)41-13-10-21(11-14-41)38-29-17-25(28(36-2)18-30(29)44-5)33(35)39-27-8-7-23(15-26(27)34)45-24-9-12-37-31(16-24)42-19-22(20-42)40(3)4/h6-9,12,15-18,21-22,38H,1-2,10-11,13-14,19-20H2,3-5H3,(H2,35,39). The molecule has 3 aromatic rings. The van der Waals surface area contributed by atoms with Gasteiger partial charge in [0.1, 0.15) is 34.6 Å². The monoisotopic (exact) mass is 614 g/mol. The van der Waals surface area contributed by atoms with Gasteiger partial charge in [-0.3, -0.25) is 9.79 Å². The number of hydrogen-bond donors (Lipinski definition) is 2. The molecule has 0 radical (unpaired) electrons. The number of likely N-dealkylation sites (N-methyl/N-ethyl adjacent to an activating group) is 1. The first-order valence-electron chi connectivity index (χ1n) is 14.7. The molecular formula is C33H39FN8O3. The van der Waals surface area contributed by atoms with E-state index in [1.54, 1.807) is 42.5 Å². The Bertz CT molecular complexity index is 1600. The number of benzene rings is 2. The number of carbonyl (C=O) groups is 1. The molecule has 3 heterocycles. The molecule has 1 aromatic heterocycles. The lowest BCUT2D eigenvalue weighted by Gasteiger charge is -2.43. The zero-order valence-corrected chi connectivity index (χ0v) is 25.9. The van der Waals surface area contributed by atoms with Gasteiger partial charge >= 0.3 is 0 Å². The smallest absolute Gasteiger partial charge is 0.245 e. The van der Waals surface area contributed by atoms with Crippen molar-refractivity contribution in [2.75, 3.05) is 57.6 Å². The molecule has 0 unspecified atom stereocenters. The number of piperidine rings is 1. The summed E-state index contributed by atoms with van der Waals surface area (Å²) in [5.41, 5.74) is 8.06. The summed E-state index contributed by atoms with van der Waals surface area (Å²) in [5, 5.41) is 3.49. The number of nitrogens with two attached hydrogens (primary N) is 1. The van der Waals surface area contributed by atoms with E-state index in [2.05, 4.69) is 57.5 Å². The van der Waals surface area contributed by atoms with E-state index >= 15 is 4.39 Å². The Morgan fingerprint density at radius 3 is 2.51 bits per heavy atom. The summed E-state index contributed by atoms with van der Waals surface area (Å²) in [7, 11) is 5.69. The first kappa shape index (κ1) is 31.5. The number of likely N-dealkylation sites (tertiary alicyclic amines) is 1. The summed E-state index contributed by atoms with van der Waals surface area (Å²) in [6.07, 6.45) is 4.51. The zero-order valence-electron chi connectivity index (χ0n) is 25.9. The summed E-state index contributed by atoms with van der Waals surface area (Å²) < 4.78 is 26.8. The number of halogens is 1. The van der Waals surface area contributed by atoms with Crippen molar-refractivity contribution < 1.29 is 18.7 Å². The topological polar surface area (TPSA) is 121 Å². The SMILES string of the molecule is C=CC(=O)N1CCC(Nc2cc(C(N)=Nc3ccc(Oc4ccnc(N5CC(N(C)C)C5)c4)cc3F)c(N=C)cc2OC)CC1. The number of ether oxygens (including phenoxy) is 2. The van der Waals surface area contributed by atoms with Gasteiger partial charge in [-0.05, 0) is 64.0 Å². The number of aromatic nitrogens is 1. The van der Waals surface area contributed by atoms with Crippen molar-refractivity contribution in [1.82, 2.24) is 14.8 Å². The maximum atomic E-state index is 15.3. The fraction of sp³-hybridized carbons (Fsp3) is 0.333. The van der Waals surface area contributed by atoms with Crippen LogP contribution in [0.25, 0.3) is 0 Å². The highest BCUT2D eigenvalue weighted by atomic mass is 19.1. The van der Waals surface area contributed by atoms with E-state index in [1.165, 1.54) is 18.2 Å². The molecular weight excluding hydrogens is 575 g/mol. The Morgan fingerprint density at radius 1 is 1.13 bits per heavy atom. The number of methoxy groups -OCH3 is 1. The molecule has 45 heavy (non-hydrogen) atoms. The van der Waals surface area contributed by atoms with Gasteiger partial charge in [0, 0.05) is 68.2 Å². The van der Waals surface area contributed by atoms with E-state index in [0.29, 0.717) is 53.3 Å². The molecule has 2 fully saturated rings. The summed E-state index contributed by atoms with van der Waals surface area (Å²) in [4.78, 5) is 31.0. The van der Waals surface area contributed by atoms with Gasteiger partial charge in [0.05, 0.1) is 18.5 Å². The van der Waals surface area contributed by atoms with Crippen molar-refractivity contribution in [2.24, 2.45) is 15.7 Å². The Labute approximate surface area is 262 Å². The molecule has 2 aliphatic heterocycles. The normalized spacial score (nSPS) is 15.9. The molecule has 1 amide bonds. The highest BCUT2D eigenvalue weighted by Crippen LogP contribution is 2.36. The number of carbonyl (C=O) groups excluding carboxylic acids is 1. The second-order valence-electron chi connectivity index (χ2n) is 11.3. The minimum absolute atomic E-state index is 0.0465. The van der Waals surface area contributed by atoms with E-state index in [-0.39, 0.29) is 23.5 Å². The van der Waals surface area contributed by atoms with Crippen LogP contribution in [0.4, 0.5) is 27.3 Å². The molecule has 2 aliphatic rings. The number of hydrogen-bond acceptors (Lipinski definition) is 9. The van der Waals surface area contributed by atoms with Gasteiger partial charge in [0.15, 0.2) is 5.82 Å². The third kappa shape index (κ3) is 7.23. The van der Waals surface area contributed by atoms with Crippen LogP contribution in [0.3, 0.4) is 0 Å². The second kappa shape index (κ2) is 13.8. The molecule has 3 N–H and O–H groups in total. The summed E-state index contributed by atoms with van der Waals surface area (Å²) in [6.45, 7) is 10.2. The first-order valence-corrected chi connectivity index (χ1v) is 14.7. The average molecular weight is 615 g/mol. The number of aliphatic imine (C=N–C) groups is 2. The van der Waals surface area contributed by atoms with Crippen LogP contribution in [-0.4, -0.2) is 92.7 Å². The maximum Gasteiger partial charge on any atom is 0.245 e. The van der Waals surface area contributed by atoms with Crippen LogP contribution in [0.5, 0.6) is 17.2 Å². The molecule has 236 valence electrons. The third-order valence-corrected chi connectivity index (χ3v) is 8.13. The van der Waals surface area contributed by atoms with Gasteiger partial charge in [-0.15, -0.1) is 0 Å². The van der Waals surface area contributed by atoms with Gasteiger partial charge in [-0.2, -0.15) is 0 Å². The molecule has 11 nitrogen and oxygen atoms in total. The number of rotatable bonds is 11. The lowest BCUT2D eigenvalue weighted by molar-refractivity contribution is -0.126. The fourth-order valence-electron chi connectivity index (χ4n) is 5.35. The Morgan fingerprint density at radius 2 is 1.87 bits per heavy atom. The van der Waals surface area contributed by atoms with Crippen LogP contribution >= 0.6 is 0 Å². The predicted molar refractivity (Wildman–Crippen MR) is 176 cm³/mol. The van der Waals surface area contributed by atoms with E-state index in [9.17, 15) is 4.79 Å². The van der Waals surface area contributed by atoms with Crippen molar-refractivity contribution >= 4 is 41.3 Å². The second-order valence-corrected chi connectivity index (χ2v) is 11.3. The summed E-state index contributed by atoms with van der Waals surface area (Å²) in [5.74, 6) is 1.64. The predicted octanol–water partition coefficient (Wildman–Crippen LogP) is 4.73. The van der Waals surface area contributed by atoms with Crippen LogP contribution < -0.4 is 25.4 Å². The van der Waals surface area contributed by atoms with Crippen molar-refractivity contribution in [2.45, 2.75) is 24.9 Å². The van der Waals surface area contributed by atoms with Crippen LogP contribution in [-0.2, 0) is 4.79 Å². The number of pyridine rings is 1. The number of nitrogens with zero attached hydrogens (tertiary/aromatic N) is 6. The molecule has 2 saturated heterocycles. The van der Waals surface area contributed by atoms with Crippen molar-refractivity contribution in [3.63, 3.8) is 0 Å². The molecule has 0 saturated carbocycles. The fourth-order valence-corrected chi connectivity index (χ4v) is 5.35. The lowest BCUT2D eigenvalue weighted by atomic mass is 10.0. The summed E-state index contributed by atoms with van der Waals surface area (Å²) in [6, 6.07) is 12.1. The number of amides is 1. The van der Waals surface area contributed by atoms with Crippen LogP contribution in [0.15, 0.2) is 71.3 Å². The van der Waals surface area contributed by atoms with Crippen LogP contribution in [0.1, 0.15) is 18.4 Å². The number of amidine groups is 1. The molecule has 12 heteroatoms. The van der Waals surface area contributed by atoms with Crippen LogP contribution in [0.2, 0.25) is 0 Å². The van der Waals surface area contributed by atoms with Gasteiger partial charge in [0.25, 0.3) is 0 Å². The minimum atomic E-state index is -0.595. The lowest BCUT2D eigenvalue weighted by Crippen LogP contribution is -2.57. The zero-order chi connectivity index (χ0) is 32.1. The summed E-state index contributed by atoms with van der Waals surface area (Å²) >= 11 is 0. The van der Waals surface area contributed by atoms with Crippen molar-refractivity contribution in [3.05, 3.63) is 72.7 Å². The van der Waals surface area contributed by atoms with Gasteiger partial charge in [-0.1, -0.05) is 6.58 Å². The van der Waals surface area contributed by atoms with Gasteiger partial charge in [-0.25, -0.2) is 14.4 Å². The van der Waals surface area contributed by atoms with Crippen LogP contribution in [0, 0.1) is 5.82 Å². The Kier molecular flexibility index (Phi) is 9.62. The molecule has 0 spiro atoms. The van der Waals surface area contributed by atoms with Crippen molar-refractivity contribution in [3.8, 4) is 17.2 Å². The van der Waals surface area contributed by atoms with E-state index < -0.39 is 5.82 Å². The number of anilines is 2. The van der Waals surface area contributed by atoms with Crippen molar-refractivity contribution in [1.29, 1.82) is 0 Å². The first-order chi connectivity index (χ1) is 21.7. The largest absolute Gasteiger partial charge is 0.495 e. The Hall–Kier alpha value is -4.97. The van der Waals surface area contributed by atoms with E-state index in [1.807, 2.05) is 6.07 Å². The van der Waals surface area contributed by atoms with Gasteiger partial charge in [0.2, 0.25) is 5.91 Å². The maximum absolute atomic E-state index is 15.3. The third-order valence-electron chi connectivity index (χ3n) is 8.13. The van der Waals surface area contributed by atoms with E-state index in [4.69, 9.17) is 15.2 Å². The quantitative estimate of drug-likeness (QED) is 0.181. The number of nitrogens with one attached hydrogen (secondary N) is 1. The highest BCUT2D eigenvalue weighted by Gasteiger charge is 2.29.